The van der Waals surface area contributed by atoms with Crippen LogP contribution in [-0.2, 0) is 14.3 Å². The van der Waals surface area contributed by atoms with Crippen LogP contribution in [0.2, 0.25) is 0 Å². The second kappa shape index (κ2) is 12.4. The van der Waals surface area contributed by atoms with E-state index in [2.05, 4.69) is 17.6 Å². The summed E-state index contributed by atoms with van der Waals surface area (Å²) in [5, 5.41) is 15.8. The number of aliphatic carboxylic acids is 1. The molecule has 0 radical (unpaired) electrons. The van der Waals surface area contributed by atoms with Gasteiger partial charge < -0.3 is 30.0 Å². The number of nitrogens with one attached hydrogen (secondary N) is 2. The molecule has 5 rings (SSSR count). The second-order valence-electron chi connectivity index (χ2n) is 13.5. The van der Waals surface area contributed by atoms with Gasteiger partial charge in [-0.25, -0.2) is 4.39 Å². The first kappa shape index (κ1) is 30.6. The van der Waals surface area contributed by atoms with E-state index in [0.717, 1.165) is 38.2 Å². The molecule has 0 aromatic heterocycles. The fourth-order valence-electron chi connectivity index (χ4n) is 7.38. The van der Waals surface area contributed by atoms with Gasteiger partial charge in [0, 0.05) is 25.8 Å². The van der Waals surface area contributed by atoms with E-state index in [1.165, 1.54) is 19.6 Å². The molecule has 4 fully saturated rings. The van der Waals surface area contributed by atoms with Crippen LogP contribution in [-0.4, -0.2) is 61.9 Å². The van der Waals surface area contributed by atoms with E-state index in [9.17, 15) is 19.5 Å². The fraction of sp³-hybridized carbons (Fsp3) is 0.719. The van der Waals surface area contributed by atoms with Gasteiger partial charge in [-0.1, -0.05) is 13.3 Å². The van der Waals surface area contributed by atoms with Gasteiger partial charge in [0.2, 0.25) is 5.91 Å². The number of carboxylic acid groups (broad SMARTS) is 1. The fourth-order valence-corrected chi connectivity index (χ4v) is 7.38. The highest BCUT2D eigenvalue weighted by Gasteiger charge is 2.52. The Morgan fingerprint density at radius 1 is 1.00 bits per heavy atom. The number of carbonyl (C=O) groups is 3. The number of rotatable bonds is 12. The molecule has 4 saturated carbocycles. The van der Waals surface area contributed by atoms with Crippen LogP contribution in [0, 0.1) is 34.4 Å². The van der Waals surface area contributed by atoms with E-state index in [1.807, 2.05) is 0 Å². The third-order valence-corrected chi connectivity index (χ3v) is 10.4. The van der Waals surface area contributed by atoms with E-state index in [1.54, 1.807) is 6.92 Å². The first-order valence-corrected chi connectivity index (χ1v) is 15.5. The predicted octanol–water partition coefficient (Wildman–Crippen LogP) is 4.71. The molecule has 0 saturated heterocycles. The van der Waals surface area contributed by atoms with Crippen molar-refractivity contribution in [2.45, 2.75) is 90.2 Å². The van der Waals surface area contributed by atoms with E-state index in [0.29, 0.717) is 32.2 Å². The van der Waals surface area contributed by atoms with Crippen molar-refractivity contribution in [3.63, 3.8) is 0 Å². The maximum absolute atomic E-state index is 15.2. The van der Waals surface area contributed by atoms with Gasteiger partial charge >= 0.3 is 5.97 Å². The summed E-state index contributed by atoms with van der Waals surface area (Å²) in [6, 6.07) is 2.23. The Balaban J connectivity index is 1.31. The summed E-state index contributed by atoms with van der Waals surface area (Å²) in [4.78, 5) is 38.8. The average Bonchev–Trinajstić information content (AvgIpc) is 3.55. The van der Waals surface area contributed by atoms with Crippen molar-refractivity contribution in [3.05, 3.63) is 23.5 Å². The Morgan fingerprint density at radius 2 is 1.71 bits per heavy atom. The van der Waals surface area contributed by atoms with Crippen LogP contribution < -0.4 is 20.1 Å². The number of hydrogen-bond donors (Lipinski definition) is 3. The zero-order valence-electron chi connectivity index (χ0n) is 25.0. The van der Waals surface area contributed by atoms with Crippen LogP contribution >= 0.6 is 0 Å². The third-order valence-electron chi connectivity index (χ3n) is 10.4. The molecule has 4 aliphatic rings. The summed E-state index contributed by atoms with van der Waals surface area (Å²) in [5.41, 5.74) is -0.519. The van der Waals surface area contributed by atoms with Crippen LogP contribution in [0.1, 0.15) is 88.4 Å². The Kier molecular flexibility index (Phi) is 9.02. The van der Waals surface area contributed by atoms with Crippen molar-refractivity contribution >= 4 is 17.8 Å². The highest BCUT2D eigenvalue weighted by Crippen LogP contribution is 2.49. The van der Waals surface area contributed by atoms with Gasteiger partial charge in [0.1, 0.15) is 12.4 Å². The quantitative estimate of drug-likeness (QED) is 0.302. The predicted molar refractivity (Wildman–Crippen MR) is 153 cm³/mol. The Bertz CT molecular complexity index is 1180. The monoisotopic (exact) mass is 588 g/mol. The topological polar surface area (TPSA) is 123 Å². The standard InChI is InChI=1S/C32H45FN2O7/c1-31(9-4-10-31)18-34-29(37)26-19-5-6-20(15-19)27(26)35-28(36)22-16-25(23(33)17-24(22)41-14-13-40-3)42-21-7-11-32(2,12-8-21)30(38)39/h16-17,19-21,26-27H,4-15,18H2,1-3H3,(H,34,37)(H,35,36)(H,38,39)/t19-,20+,21-,26+,27-,32+/m1/s1. The SMILES string of the molecule is COCCOc1cc(F)c(O[C@H]2CC[C@@](C)(C(=O)O)CC2)cc1C(=O)N[C@@H]1[C@H]2CC[C@H](C2)[C@@H]1C(=O)NCC1(C)CCC1. The molecule has 9 nitrogen and oxygen atoms in total. The lowest BCUT2D eigenvalue weighted by molar-refractivity contribution is -0.150. The molecule has 10 heteroatoms. The van der Waals surface area contributed by atoms with E-state index in [-0.39, 0.29) is 71.5 Å². The molecule has 0 heterocycles. The van der Waals surface area contributed by atoms with Gasteiger partial charge in [-0.05, 0) is 88.0 Å². The Hall–Kier alpha value is -2.88. The lowest BCUT2D eigenvalue weighted by atomic mass is 9.70. The molecular weight excluding hydrogens is 543 g/mol. The molecule has 0 spiro atoms. The Morgan fingerprint density at radius 3 is 2.36 bits per heavy atom. The minimum absolute atomic E-state index is 0.00554. The first-order valence-electron chi connectivity index (χ1n) is 15.5. The first-order chi connectivity index (χ1) is 20.0. The van der Waals surface area contributed by atoms with Gasteiger partial charge in [-0.3, -0.25) is 14.4 Å². The molecule has 232 valence electrons. The number of amides is 2. The van der Waals surface area contributed by atoms with Crippen molar-refractivity contribution in [3.8, 4) is 11.5 Å². The van der Waals surface area contributed by atoms with Crippen LogP contribution in [0.4, 0.5) is 4.39 Å². The van der Waals surface area contributed by atoms with Crippen LogP contribution in [0.15, 0.2) is 12.1 Å². The molecule has 2 bridgehead atoms. The lowest BCUT2D eigenvalue weighted by Gasteiger charge is -2.39. The molecule has 4 aliphatic carbocycles. The summed E-state index contributed by atoms with van der Waals surface area (Å²) in [6.45, 7) is 4.97. The van der Waals surface area contributed by atoms with Crippen molar-refractivity contribution in [2.24, 2.45) is 28.6 Å². The number of carbonyl (C=O) groups excluding carboxylic acids is 2. The van der Waals surface area contributed by atoms with Crippen LogP contribution in [0.5, 0.6) is 11.5 Å². The average molecular weight is 589 g/mol. The third kappa shape index (κ3) is 6.38. The minimum atomic E-state index is -0.839. The van der Waals surface area contributed by atoms with Gasteiger partial charge in [-0.15, -0.1) is 0 Å². The zero-order valence-corrected chi connectivity index (χ0v) is 25.0. The van der Waals surface area contributed by atoms with Gasteiger partial charge in [0.15, 0.2) is 11.6 Å². The maximum Gasteiger partial charge on any atom is 0.309 e. The van der Waals surface area contributed by atoms with Crippen molar-refractivity contribution in [2.75, 3.05) is 26.9 Å². The Labute approximate surface area is 247 Å². The summed E-state index contributed by atoms with van der Waals surface area (Å²) >= 11 is 0. The zero-order chi connectivity index (χ0) is 30.1. The van der Waals surface area contributed by atoms with Gasteiger partial charge in [0.25, 0.3) is 5.91 Å². The summed E-state index contributed by atoms with van der Waals surface area (Å²) in [5.74, 6) is -1.76. The number of ether oxygens (including phenoxy) is 3. The van der Waals surface area contributed by atoms with Crippen molar-refractivity contribution in [1.29, 1.82) is 0 Å². The number of hydrogen-bond acceptors (Lipinski definition) is 6. The van der Waals surface area contributed by atoms with Crippen LogP contribution in [0.25, 0.3) is 0 Å². The minimum Gasteiger partial charge on any atom is -0.490 e. The highest BCUT2D eigenvalue weighted by molar-refractivity contribution is 5.98. The molecule has 0 unspecified atom stereocenters. The lowest BCUT2D eigenvalue weighted by Crippen LogP contribution is -2.51. The molecule has 1 aromatic carbocycles. The van der Waals surface area contributed by atoms with Gasteiger partial charge in [-0.2, -0.15) is 0 Å². The molecular formula is C32H45FN2O7. The summed E-state index contributed by atoms with van der Waals surface area (Å²) in [6.07, 6.45) is 7.70. The largest absolute Gasteiger partial charge is 0.490 e. The molecule has 4 atom stereocenters. The highest BCUT2D eigenvalue weighted by atomic mass is 19.1. The molecule has 2 amide bonds. The van der Waals surface area contributed by atoms with Crippen LogP contribution in [0.3, 0.4) is 0 Å². The maximum atomic E-state index is 15.2. The smallest absolute Gasteiger partial charge is 0.309 e. The molecule has 1 aromatic rings. The van der Waals surface area contributed by atoms with Crippen molar-refractivity contribution < 1.29 is 38.1 Å². The van der Waals surface area contributed by atoms with Crippen molar-refractivity contribution in [1.82, 2.24) is 10.6 Å². The summed E-state index contributed by atoms with van der Waals surface area (Å²) in [7, 11) is 1.53. The number of halogens is 1. The summed E-state index contributed by atoms with van der Waals surface area (Å²) < 4.78 is 32.0. The van der Waals surface area contributed by atoms with E-state index >= 15 is 4.39 Å². The van der Waals surface area contributed by atoms with E-state index < -0.39 is 23.1 Å². The second-order valence-corrected chi connectivity index (χ2v) is 13.5. The van der Waals surface area contributed by atoms with E-state index in [4.69, 9.17) is 14.2 Å². The molecule has 0 aliphatic heterocycles. The number of methoxy groups -OCH3 is 1. The number of fused-ring (bicyclic) bond motifs is 2. The number of carboxylic acids is 1. The normalized spacial score (nSPS) is 31.2. The number of benzene rings is 1. The molecule has 3 N–H and O–H groups in total. The molecule has 42 heavy (non-hydrogen) atoms. The van der Waals surface area contributed by atoms with Gasteiger partial charge in [0.05, 0.1) is 29.6 Å².